The predicted octanol–water partition coefficient (Wildman–Crippen LogP) is 2.80. The molecule has 3 N–H and O–H groups in total. The van der Waals surface area contributed by atoms with Crippen molar-refractivity contribution in [3.05, 3.63) is 35.0 Å². The summed E-state index contributed by atoms with van der Waals surface area (Å²) in [6, 6.07) is 6.58. The fourth-order valence-corrected chi connectivity index (χ4v) is 1.88. The molecule has 0 radical (unpaired) electrons. The van der Waals surface area contributed by atoms with Gasteiger partial charge in [-0.25, -0.2) is 0 Å². The van der Waals surface area contributed by atoms with E-state index >= 15 is 0 Å². The topological polar surface area (TPSA) is 41.8 Å². The summed E-state index contributed by atoms with van der Waals surface area (Å²) in [4.78, 5) is 3.37. The van der Waals surface area contributed by atoms with Crippen LogP contribution in [0.4, 0.5) is 0 Å². The van der Waals surface area contributed by atoms with Crippen LogP contribution in [0.1, 0.15) is 29.8 Å². The summed E-state index contributed by atoms with van der Waals surface area (Å²) >= 11 is 0. The second kappa shape index (κ2) is 3.14. The Bertz CT molecular complexity index is 466. The molecule has 2 nitrogen and oxygen atoms in total. The van der Waals surface area contributed by atoms with Crippen LogP contribution < -0.4 is 5.73 Å². The number of aromatic amines is 1. The number of benzene rings is 1. The van der Waals surface area contributed by atoms with Crippen molar-refractivity contribution >= 4 is 10.9 Å². The lowest BCUT2D eigenvalue weighted by Gasteiger charge is -1.99. The van der Waals surface area contributed by atoms with Gasteiger partial charge in [0.05, 0.1) is 0 Å². The molecule has 0 amide bonds. The number of aryl methyl sites for hydroxylation is 2. The molecule has 1 heterocycles. The molecule has 0 saturated carbocycles. The monoisotopic (exact) mass is 188 g/mol. The minimum absolute atomic E-state index is 0.0714. The van der Waals surface area contributed by atoms with E-state index in [9.17, 15) is 0 Å². The Kier molecular flexibility index (Phi) is 2.08. The number of nitrogens with one attached hydrogen (secondary N) is 1. The molecular weight excluding hydrogens is 172 g/mol. The summed E-state index contributed by atoms with van der Waals surface area (Å²) in [5.41, 5.74) is 10.7. The lowest BCUT2D eigenvalue weighted by atomic mass is 10.1. The maximum atomic E-state index is 5.83. The van der Waals surface area contributed by atoms with Crippen LogP contribution in [-0.2, 0) is 0 Å². The van der Waals surface area contributed by atoms with Crippen LogP contribution in [0.15, 0.2) is 18.2 Å². The molecule has 1 unspecified atom stereocenters. The summed E-state index contributed by atoms with van der Waals surface area (Å²) in [6.45, 7) is 6.23. The van der Waals surface area contributed by atoms with Gasteiger partial charge in [-0.15, -0.1) is 0 Å². The van der Waals surface area contributed by atoms with Crippen molar-refractivity contribution in [1.82, 2.24) is 4.98 Å². The van der Waals surface area contributed by atoms with Crippen LogP contribution in [0.5, 0.6) is 0 Å². The zero-order chi connectivity index (χ0) is 10.3. The first-order chi connectivity index (χ1) is 6.58. The first-order valence-electron chi connectivity index (χ1n) is 4.93. The van der Waals surface area contributed by atoms with Gasteiger partial charge in [0.2, 0.25) is 0 Å². The Morgan fingerprint density at radius 3 is 2.57 bits per heavy atom. The Hall–Kier alpha value is -1.28. The van der Waals surface area contributed by atoms with E-state index in [1.807, 2.05) is 6.92 Å². The van der Waals surface area contributed by atoms with Gasteiger partial charge in [0.15, 0.2) is 0 Å². The van der Waals surface area contributed by atoms with Gasteiger partial charge in [0, 0.05) is 22.6 Å². The molecule has 0 bridgehead atoms. The molecule has 2 heteroatoms. The van der Waals surface area contributed by atoms with Crippen molar-refractivity contribution < 1.29 is 0 Å². The second-order valence-electron chi connectivity index (χ2n) is 4.06. The van der Waals surface area contributed by atoms with Crippen LogP contribution in [0.2, 0.25) is 0 Å². The van der Waals surface area contributed by atoms with Crippen molar-refractivity contribution in [2.24, 2.45) is 5.73 Å². The zero-order valence-electron chi connectivity index (χ0n) is 8.89. The molecule has 1 aromatic heterocycles. The summed E-state index contributed by atoms with van der Waals surface area (Å²) in [5.74, 6) is 0. The zero-order valence-corrected chi connectivity index (χ0v) is 8.89. The van der Waals surface area contributed by atoms with E-state index in [1.165, 1.54) is 22.0 Å². The van der Waals surface area contributed by atoms with Gasteiger partial charge in [0.1, 0.15) is 0 Å². The molecule has 0 aliphatic rings. The summed E-state index contributed by atoms with van der Waals surface area (Å²) in [6.07, 6.45) is 0. The number of hydrogen-bond donors (Lipinski definition) is 2. The van der Waals surface area contributed by atoms with Crippen molar-refractivity contribution in [3.63, 3.8) is 0 Å². The summed E-state index contributed by atoms with van der Waals surface area (Å²) in [5, 5.41) is 1.26. The highest BCUT2D eigenvalue weighted by Gasteiger charge is 2.06. The Labute approximate surface area is 84.1 Å². The molecule has 0 saturated heterocycles. The van der Waals surface area contributed by atoms with E-state index in [4.69, 9.17) is 5.73 Å². The van der Waals surface area contributed by atoms with Crippen LogP contribution in [0, 0.1) is 13.8 Å². The van der Waals surface area contributed by atoms with Gasteiger partial charge < -0.3 is 10.7 Å². The molecule has 1 aromatic carbocycles. The van der Waals surface area contributed by atoms with Gasteiger partial charge in [-0.1, -0.05) is 11.6 Å². The first kappa shape index (κ1) is 9.28. The fraction of sp³-hybridized carbons (Fsp3) is 0.333. The number of rotatable bonds is 1. The van der Waals surface area contributed by atoms with Crippen LogP contribution in [0.3, 0.4) is 0 Å². The average molecular weight is 188 g/mol. The predicted molar refractivity (Wildman–Crippen MR) is 60.4 cm³/mol. The minimum atomic E-state index is 0.0714. The average Bonchev–Trinajstić information content (AvgIpc) is 2.47. The molecule has 74 valence electrons. The Morgan fingerprint density at radius 1 is 1.21 bits per heavy atom. The fourth-order valence-electron chi connectivity index (χ4n) is 1.88. The van der Waals surface area contributed by atoms with Crippen molar-refractivity contribution in [2.75, 3.05) is 0 Å². The quantitative estimate of drug-likeness (QED) is 0.710. The lowest BCUT2D eigenvalue weighted by Crippen LogP contribution is -2.04. The van der Waals surface area contributed by atoms with Crippen LogP contribution in [-0.4, -0.2) is 4.98 Å². The van der Waals surface area contributed by atoms with E-state index in [0.29, 0.717) is 0 Å². The number of hydrogen-bond acceptors (Lipinski definition) is 1. The number of H-pyrrole nitrogens is 1. The van der Waals surface area contributed by atoms with Crippen LogP contribution in [0.25, 0.3) is 10.9 Å². The van der Waals surface area contributed by atoms with Gasteiger partial charge in [0.25, 0.3) is 0 Å². The highest BCUT2D eigenvalue weighted by Crippen LogP contribution is 2.23. The minimum Gasteiger partial charge on any atom is -0.357 e. The smallest absolute Gasteiger partial charge is 0.0486 e. The molecule has 14 heavy (non-hydrogen) atoms. The first-order valence-corrected chi connectivity index (χ1v) is 4.93. The number of fused-ring (bicyclic) bond motifs is 1. The molecule has 2 rings (SSSR count). The van der Waals surface area contributed by atoms with E-state index in [1.54, 1.807) is 0 Å². The van der Waals surface area contributed by atoms with Crippen molar-refractivity contribution in [3.8, 4) is 0 Å². The Balaban J connectivity index is 2.70. The molecular formula is C12H16N2. The highest BCUT2D eigenvalue weighted by atomic mass is 14.8. The molecule has 0 aliphatic heterocycles. The molecule has 0 aliphatic carbocycles. The van der Waals surface area contributed by atoms with E-state index in [-0.39, 0.29) is 6.04 Å². The van der Waals surface area contributed by atoms with Gasteiger partial charge >= 0.3 is 0 Å². The van der Waals surface area contributed by atoms with E-state index in [0.717, 1.165) is 5.69 Å². The summed E-state index contributed by atoms with van der Waals surface area (Å²) < 4.78 is 0. The normalized spacial score (nSPS) is 13.4. The Morgan fingerprint density at radius 2 is 1.93 bits per heavy atom. The maximum absolute atomic E-state index is 5.83. The van der Waals surface area contributed by atoms with Gasteiger partial charge in [-0.3, -0.25) is 0 Å². The van der Waals surface area contributed by atoms with Gasteiger partial charge in [-0.2, -0.15) is 0 Å². The van der Waals surface area contributed by atoms with Crippen molar-refractivity contribution in [1.29, 1.82) is 0 Å². The van der Waals surface area contributed by atoms with Crippen LogP contribution >= 0.6 is 0 Å². The molecule has 1 atom stereocenters. The second-order valence-corrected chi connectivity index (χ2v) is 4.06. The third-order valence-electron chi connectivity index (χ3n) is 2.58. The van der Waals surface area contributed by atoms with Gasteiger partial charge in [-0.05, 0) is 38.5 Å². The largest absolute Gasteiger partial charge is 0.357 e. The number of aromatic nitrogens is 1. The third kappa shape index (κ3) is 1.42. The van der Waals surface area contributed by atoms with E-state index < -0.39 is 0 Å². The molecule has 2 aromatic rings. The third-order valence-corrected chi connectivity index (χ3v) is 2.58. The lowest BCUT2D eigenvalue weighted by molar-refractivity contribution is 0.792. The molecule has 0 spiro atoms. The standard InChI is InChI=1S/C12H16N2/c1-7-4-8(2)12-10(5-7)6-11(14-12)9(3)13/h4-6,9,14H,13H2,1-3H3. The van der Waals surface area contributed by atoms with Crippen molar-refractivity contribution in [2.45, 2.75) is 26.8 Å². The summed E-state index contributed by atoms with van der Waals surface area (Å²) in [7, 11) is 0. The number of nitrogens with two attached hydrogens (primary N) is 1. The maximum Gasteiger partial charge on any atom is 0.0486 e. The van der Waals surface area contributed by atoms with E-state index in [2.05, 4.69) is 37.0 Å². The SMILES string of the molecule is Cc1cc(C)c2[nH]c(C(C)N)cc2c1. The molecule has 0 fully saturated rings. The highest BCUT2D eigenvalue weighted by molar-refractivity contribution is 5.84.